The zero-order valence-corrected chi connectivity index (χ0v) is 15.2. The molecule has 1 N–H and O–H groups in total. The number of rotatable bonds is 7. The molecule has 0 bridgehead atoms. The molecule has 1 aromatic carbocycles. The summed E-state index contributed by atoms with van der Waals surface area (Å²) < 4.78 is 18.4. The van der Waals surface area contributed by atoms with Crippen molar-refractivity contribution in [3.8, 4) is 9.88 Å². The SMILES string of the molecule is O=C(COC(=O)c1csc(-c2cccs2)n1)NCCc1ccccc1F. The van der Waals surface area contributed by atoms with E-state index < -0.39 is 18.5 Å². The Hall–Kier alpha value is -2.58. The van der Waals surface area contributed by atoms with Gasteiger partial charge in [0.15, 0.2) is 12.3 Å². The van der Waals surface area contributed by atoms with Crippen LogP contribution < -0.4 is 5.32 Å². The molecule has 0 aliphatic heterocycles. The number of thiophene rings is 1. The van der Waals surface area contributed by atoms with Gasteiger partial charge in [0, 0.05) is 11.9 Å². The lowest BCUT2D eigenvalue weighted by Crippen LogP contribution is -2.30. The van der Waals surface area contributed by atoms with Crippen molar-refractivity contribution in [3.63, 3.8) is 0 Å². The minimum Gasteiger partial charge on any atom is -0.451 e. The highest BCUT2D eigenvalue weighted by molar-refractivity contribution is 7.20. The van der Waals surface area contributed by atoms with Gasteiger partial charge in [-0.25, -0.2) is 14.2 Å². The summed E-state index contributed by atoms with van der Waals surface area (Å²) in [5, 5.41) is 6.87. The number of halogens is 1. The number of amides is 1. The number of aromatic nitrogens is 1. The summed E-state index contributed by atoms with van der Waals surface area (Å²) in [4.78, 5) is 28.9. The molecule has 0 atom stereocenters. The molecular formula is C18H15FN2O3S2. The van der Waals surface area contributed by atoms with Crippen LogP contribution in [0, 0.1) is 5.82 Å². The molecule has 26 heavy (non-hydrogen) atoms. The minimum absolute atomic E-state index is 0.178. The number of esters is 1. The van der Waals surface area contributed by atoms with Gasteiger partial charge in [-0.1, -0.05) is 24.3 Å². The third-order valence-corrected chi connectivity index (χ3v) is 5.34. The van der Waals surface area contributed by atoms with Crippen molar-refractivity contribution in [2.45, 2.75) is 6.42 Å². The molecule has 2 heterocycles. The predicted molar refractivity (Wildman–Crippen MR) is 98.8 cm³/mol. The molecule has 1 amide bonds. The first kappa shape index (κ1) is 18.2. The van der Waals surface area contributed by atoms with Crippen LogP contribution in [0.3, 0.4) is 0 Å². The third kappa shape index (κ3) is 4.74. The number of carbonyl (C=O) groups is 2. The van der Waals surface area contributed by atoms with Crippen molar-refractivity contribution in [2.24, 2.45) is 0 Å². The highest BCUT2D eigenvalue weighted by Gasteiger charge is 2.15. The fourth-order valence-corrected chi connectivity index (χ4v) is 3.78. The summed E-state index contributed by atoms with van der Waals surface area (Å²) in [7, 11) is 0. The Labute approximate surface area is 157 Å². The average molecular weight is 390 g/mol. The summed E-state index contributed by atoms with van der Waals surface area (Å²) in [5.41, 5.74) is 0.700. The van der Waals surface area contributed by atoms with Gasteiger partial charge < -0.3 is 10.1 Å². The van der Waals surface area contributed by atoms with E-state index in [4.69, 9.17) is 4.74 Å². The standard InChI is InChI=1S/C18H15FN2O3S2/c19-13-5-2-1-4-12(13)7-8-20-16(22)10-24-18(23)14-11-26-17(21-14)15-6-3-9-25-15/h1-6,9,11H,7-8,10H2,(H,20,22). The molecule has 134 valence electrons. The smallest absolute Gasteiger partial charge is 0.358 e. The molecular weight excluding hydrogens is 375 g/mol. The van der Waals surface area contributed by atoms with Gasteiger partial charge in [0.05, 0.1) is 4.88 Å². The second-order valence-corrected chi connectivity index (χ2v) is 7.09. The van der Waals surface area contributed by atoms with E-state index >= 15 is 0 Å². The summed E-state index contributed by atoms with van der Waals surface area (Å²) in [5.74, 6) is -1.39. The number of hydrogen-bond acceptors (Lipinski definition) is 6. The van der Waals surface area contributed by atoms with E-state index in [-0.39, 0.29) is 18.1 Å². The molecule has 0 saturated carbocycles. The number of thiazole rings is 1. The Balaban J connectivity index is 1.43. The fraction of sp³-hybridized carbons (Fsp3) is 0.167. The van der Waals surface area contributed by atoms with Crippen LogP contribution in [0.1, 0.15) is 16.1 Å². The third-order valence-electron chi connectivity index (χ3n) is 3.45. The largest absolute Gasteiger partial charge is 0.451 e. The van der Waals surface area contributed by atoms with E-state index in [2.05, 4.69) is 10.3 Å². The zero-order chi connectivity index (χ0) is 18.4. The van der Waals surface area contributed by atoms with Crippen LogP contribution in [-0.2, 0) is 16.0 Å². The number of benzene rings is 1. The zero-order valence-electron chi connectivity index (χ0n) is 13.6. The molecule has 0 aliphatic rings. The number of nitrogens with one attached hydrogen (secondary N) is 1. The van der Waals surface area contributed by atoms with Crippen molar-refractivity contribution in [2.75, 3.05) is 13.2 Å². The Bertz CT molecular complexity index is 893. The van der Waals surface area contributed by atoms with Crippen molar-refractivity contribution in [1.29, 1.82) is 0 Å². The first-order valence-corrected chi connectivity index (χ1v) is 9.56. The second kappa shape index (κ2) is 8.68. The molecule has 0 spiro atoms. The molecule has 2 aromatic heterocycles. The quantitative estimate of drug-likeness (QED) is 0.627. The second-order valence-electron chi connectivity index (χ2n) is 5.28. The number of carbonyl (C=O) groups excluding carboxylic acids is 2. The van der Waals surface area contributed by atoms with E-state index in [1.54, 1.807) is 23.6 Å². The van der Waals surface area contributed by atoms with E-state index in [0.29, 0.717) is 12.0 Å². The van der Waals surface area contributed by atoms with Crippen molar-refractivity contribution >= 4 is 34.6 Å². The van der Waals surface area contributed by atoms with E-state index in [1.165, 1.54) is 28.7 Å². The van der Waals surface area contributed by atoms with Crippen LogP contribution in [0.2, 0.25) is 0 Å². The lowest BCUT2D eigenvalue weighted by atomic mass is 10.1. The molecule has 5 nitrogen and oxygen atoms in total. The first-order valence-electron chi connectivity index (χ1n) is 7.80. The normalized spacial score (nSPS) is 10.5. The van der Waals surface area contributed by atoms with Crippen LogP contribution in [0.4, 0.5) is 4.39 Å². The maximum absolute atomic E-state index is 13.5. The summed E-state index contributed by atoms with van der Waals surface area (Å²) in [6.45, 7) is -0.140. The maximum Gasteiger partial charge on any atom is 0.358 e. The Morgan fingerprint density at radius 2 is 2.00 bits per heavy atom. The van der Waals surface area contributed by atoms with Gasteiger partial charge in [0.2, 0.25) is 0 Å². The Kier molecular flexibility index (Phi) is 6.08. The lowest BCUT2D eigenvalue weighted by molar-refractivity contribution is -0.124. The summed E-state index contributed by atoms with van der Waals surface area (Å²) in [6, 6.07) is 10.2. The molecule has 0 aliphatic carbocycles. The van der Waals surface area contributed by atoms with Crippen LogP contribution in [0.25, 0.3) is 9.88 Å². The minimum atomic E-state index is -0.645. The first-order chi connectivity index (χ1) is 12.6. The predicted octanol–water partition coefficient (Wildman–Crippen LogP) is 3.53. The van der Waals surface area contributed by atoms with Crippen LogP contribution in [-0.4, -0.2) is 30.0 Å². The van der Waals surface area contributed by atoms with Crippen molar-refractivity contribution in [3.05, 3.63) is 64.2 Å². The van der Waals surface area contributed by atoms with Crippen LogP contribution in [0.5, 0.6) is 0 Å². The molecule has 3 rings (SSSR count). The molecule has 0 saturated heterocycles. The topological polar surface area (TPSA) is 68.3 Å². The van der Waals surface area contributed by atoms with Crippen molar-refractivity contribution < 1.29 is 18.7 Å². The lowest BCUT2D eigenvalue weighted by Gasteiger charge is -2.06. The average Bonchev–Trinajstić information content (AvgIpc) is 3.32. The molecule has 3 aromatic rings. The molecule has 8 heteroatoms. The maximum atomic E-state index is 13.5. The van der Waals surface area contributed by atoms with Crippen LogP contribution in [0.15, 0.2) is 47.2 Å². The van der Waals surface area contributed by atoms with Gasteiger partial charge in [0.25, 0.3) is 5.91 Å². The molecule has 0 unspecified atom stereocenters. The van der Waals surface area contributed by atoms with E-state index in [0.717, 1.165) is 9.88 Å². The highest BCUT2D eigenvalue weighted by Crippen LogP contribution is 2.27. The number of nitrogens with zero attached hydrogens (tertiary/aromatic N) is 1. The Morgan fingerprint density at radius 3 is 2.77 bits per heavy atom. The van der Waals surface area contributed by atoms with Gasteiger partial charge in [-0.3, -0.25) is 4.79 Å². The monoisotopic (exact) mass is 390 g/mol. The molecule has 0 fully saturated rings. The summed E-state index contributed by atoms with van der Waals surface area (Å²) in [6.07, 6.45) is 0.364. The van der Waals surface area contributed by atoms with Crippen LogP contribution >= 0.6 is 22.7 Å². The highest BCUT2D eigenvalue weighted by atomic mass is 32.1. The molecule has 0 radical (unpaired) electrons. The van der Waals surface area contributed by atoms with Gasteiger partial charge in [0.1, 0.15) is 10.8 Å². The number of hydrogen-bond donors (Lipinski definition) is 1. The summed E-state index contributed by atoms with van der Waals surface area (Å²) >= 11 is 2.88. The van der Waals surface area contributed by atoms with Gasteiger partial charge in [-0.2, -0.15) is 0 Å². The van der Waals surface area contributed by atoms with Gasteiger partial charge in [-0.05, 0) is 29.5 Å². The Morgan fingerprint density at radius 1 is 1.15 bits per heavy atom. The number of ether oxygens (including phenoxy) is 1. The van der Waals surface area contributed by atoms with Gasteiger partial charge >= 0.3 is 5.97 Å². The van der Waals surface area contributed by atoms with Crippen molar-refractivity contribution in [1.82, 2.24) is 10.3 Å². The van der Waals surface area contributed by atoms with E-state index in [9.17, 15) is 14.0 Å². The fourth-order valence-electron chi connectivity index (χ4n) is 2.17. The van der Waals surface area contributed by atoms with Gasteiger partial charge in [-0.15, -0.1) is 22.7 Å². The van der Waals surface area contributed by atoms with E-state index in [1.807, 2.05) is 17.5 Å².